The molecule has 1 N–H and O–H groups in total. The molecule has 0 radical (unpaired) electrons. The molecule has 2 aromatic carbocycles. The predicted molar refractivity (Wildman–Crippen MR) is 92.5 cm³/mol. The van der Waals surface area contributed by atoms with E-state index in [1.165, 1.54) is 6.92 Å². The molecule has 1 amide bonds. The van der Waals surface area contributed by atoms with Crippen LogP contribution in [0.4, 0.5) is 32.0 Å². The Morgan fingerprint density at radius 1 is 1.07 bits per heavy atom. The molecule has 0 fully saturated rings. The number of halogens is 6. The summed E-state index contributed by atoms with van der Waals surface area (Å²) >= 11 is 0. The van der Waals surface area contributed by atoms with Gasteiger partial charge in [0.1, 0.15) is 11.3 Å². The van der Waals surface area contributed by atoms with E-state index in [4.69, 9.17) is 9.15 Å². The van der Waals surface area contributed by atoms with Crippen molar-refractivity contribution in [1.82, 2.24) is 0 Å². The molecular formula is C19H11F6NO4. The van der Waals surface area contributed by atoms with E-state index in [1.54, 1.807) is 0 Å². The maximum atomic E-state index is 13.7. The van der Waals surface area contributed by atoms with E-state index in [-0.39, 0.29) is 5.75 Å². The topological polar surface area (TPSA) is 68.5 Å². The first-order valence-electron chi connectivity index (χ1n) is 8.23. The van der Waals surface area contributed by atoms with Crippen LogP contribution in [0.15, 0.2) is 45.6 Å². The van der Waals surface area contributed by atoms with Crippen LogP contribution in [-0.4, -0.2) is 12.0 Å². The minimum absolute atomic E-state index is 0.126. The highest BCUT2D eigenvalue weighted by molar-refractivity contribution is 5.94. The van der Waals surface area contributed by atoms with Crippen molar-refractivity contribution in [1.29, 1.82) is 0 Å². The van der Waals surface area contributed by atoms with E-state index in [0.29, 0.717) is 12.1 Å². The first-order chi connectivity index (χ1) is 14.0. The maximum absolute atomic E-state index is 13.7. The molecule has 1 atom stereocenters. The van der Waals surface area contributed by atoms with Gasteiger partial charge in [-0.05, 0) is 31.2 Å². The predicted octanol–water partition coefficient (Wildman–Crippen LogP) is 4.64. The second-order valence-corrected chi connectivity index (χ2v) is 6.11. The second kappa shape index (κ2) is 7.73. The van der Waals surface area contributed by atoms with E-state index in [2.05, 4.69) is 0 Å². The Balaban J connectivity index is 1.83. The van der Waals surface area contributed by atoms with Gasteiger partial charge in [-0.3, -0.25) is 4.79 Å². The Morgan fingerprint density at radius 2 is 1.77 bits per heavy atom. The SMILES string of the molecule is C[C@H](Oc1ccc2c(C(F)(F)F)cc(=O)oc2c1)C(=O)Nc1ccc(F)c(F)c1F. The van der Waals surface area contributed by atoms with Gasteiger partial charge in [0.05, 0.1) is 11.3 Å². The Bertz CT molecular complexity index is 1190. The summed E-state index contributed by atoms with van der Waals surface area (Å²) in [5, 5.41) is 1.61. The summed E-state index contributed by atoms with van der Waals surface area (Å²) in [6.07, 6.45) is -6.12. The lowest BCUT2D eigenvalue weighted by Gasteiger charge is -2.16. The lowest BCUT2D eigenvalue weighted by molar-refractivity contribution is -0.136. The van der Waals surface area contributed by atoms with Gasteiger partial charge >= 0.3 is 11.8 Å². The molecule has 1 aromatic heterocycles. The number of carbonyl (C=O) groups excluding carboxylic acids is 1. The van der Waals surface area contributed by atoms with E-state index in [0.717, 1.165) is 24.3 Å². The van der Waals surface area contributed by atoms with E-state index in [1.807, 2.05) is 5.32 Å². The van der Waals surface area contributed by atoms with Crippen molar-refractivity contribution in [2.75, 3.05) is 5.32 Å². The van der Waals surface area contributed by atoms with Gasteiger partial charge in [-0.15, -0.1) is 0 Å². The van der Waals surface area contributed by atoms with Gasteiger partial charge in [-0.2, -0.15) is 13.2 Å². The maximum Gasteiger partial charge on any atom is 0.417 e. The van der Waals surface area contributed by atoms with E-state index < -0.39 is 63.5 Å². The van der Waals surface area contributed by atoms with Gasteiger partial charge in [0, 0.05) is 17.5 Å². The number of rotatable bonds is 4. The van der Waals surface area contributed by atoms with Crippen LogP contribution in [0.3, 0.4) is 0 Å². The van der Waals surface area contributed by atoms with Crippen LogP contribution in [0.1, 0.15) is 12.5 Å². The lowest BCUT2D eigenvalue weighted by Crippen LogP contribution is -2.30. The van der Waals surface area contributed by atoms with E-state index in [9.17, 15) is 35.9 Å². The van der Waals surface area contributed by atoms with Crippen LogP contribution in [0.25, 0.3) is 11.0 Å². The second-order valence-electron chi connectivity index (χ2n) is 6.11. The summed E-state index contributed by atoms with van der Waals surface area (Å²) < 4.78 is 89.0. The largest absolute Gasteiger partial charge is 0.481 e. The summed E-state index contributed by atoms with van der Waals surface area (Å²) in [6.45, 7) is 1.22. The normalized spacial score (nSPS) is 12.6. The van der Waals surface area contributed by atoms with Gasteiger partial charge in [0.25, 0.3) is 5.91 Å². The molecule has 11 heteroatoms. The first kappa shape index (κ1) is 21.2. The number of benzene rings is 2. The number of anilines is 1. The van der Waals surface area contributed by atoms with Gasteiger partial charge < -0.3 is 14.5 Å². The molecule has 1 heterocycles. The molecule has 0 aliphatic rings. The smallest absolute Gasteiger partial charge is 0.417 e. The molecule has 0 saturated carbocycles. The van der Waals surface area contributed by atoms with Crippen molar-refractivity contribution in [2.45, 2.75) is 19.2 Å². The summed E-state index contributed by atoms with van der Waals surface area (Å²) in [5.74, 6) is -5.90. The number of carbonyl (C=O) groups is 1. The number of hydrogen-bond acceptors (Lipinski definition) is 4. The number of alkyl halides is 3. The molecule has 158 valence electrons. The highest BCUT2D eigenvalue weighted by Gasteiger charge is 2.34. The minimum Gasteiger partial charge on any atom is -0.481 e. The van der Waals surface area contributed by atoms with Crippen molar-refractivity contribution >= 4 is 22.6 Å². The number of amides is 1. The zero-order valence-electron chi connectivity index (χ0n) is 14.9. The van der Waals surface area contributed by atoms with Crippen molar-refractivity contribution in [2.24, 2.45) is 0 Å². The molecule has 0 aliphatic carbocycles. The van der Waals surface area contributed by atoms with Crippen LogP contribution >= 0.6 is 0 Å². The zero-order valence-corrected chi connectivity index (χ0v) is 14.9. The van der Waals surface area contributed by atoms with Crippen molar-refractivity contribution < 1.29 is 40.3 Å². The fraction of sp³-hybridized carbons (Fsp3) is 0.158. The number of fused-ring (bicyclic) bond motifs is 1. The third-order valence-electron chi connectivity index (χ3n) is 4.00. The molecular weight excluding hydrogens is 420 g/mol. The molecule has 0 saturated heterocycles. The average molecular weight is 431 g/mol. The summed E-state index contributed by atoms with van der Waals surface area (Å²) in [7, 11) is 0. The van der Waals surface area contributed by atoms with Crippen LogP contribution in [-0.2, 0) is 11.0 Å². The standard InChI is InChI=1S/C19H11F6NO4/c1-8(18(28)26-13-5-4-12(20)16(21)17(13)22)29-9-2-3-10-11(19(23,24)25)7-15(27)30-14(10)6-9/h2-8H,1H3,(H,26,28)/t8-/m0/s1. The molecule has 5 nitrogen and oxygen atoms in total. The molecule has 30 heavy (non-hydrogen) atoms. The highest BCUT2D eigenvalue weighted by atomic mass is 19.4. The molecule has 0 spiro atoms. The zero-order chi connectivity index (χ0) is 22.2. The number of nitrogens with one attached hydrogen (secondary N) is 1. The highest BCUT2D eigenvalue weighted by Crippen LogP contribution is 2.35. The first-order valence-corrected chi connectivity index (χ1v) is 8.23. The molecule has 3 aromatic rings. The van der Waals surface area contributed by atoms with Crippen LogP contribution in [0.5, 0.6) is 5.75 Å². The number of hydrogen-bond donors (Lipinski definition) is 1. The Morgan fingerprint density at radius 3 is 2.43 bits per heavy atom. The Labute approximate surface area is 163 Å². The van der Waals surface area contributed by atoms with Crippen LogP contribution < -0.4 is 15.7 Å². The number of ether oxygens (including phenoxy) is 1. The third-order valence-corrected chi connectivity index (χ3v) is 4.00. The monoisotopic (exact) mass is 431 g/mol. The van der Waals surface area contributed by atoms with E-state index >= 15 is 0 Å². The summed E-state index contributed by atoms with van der Waals surface area (Å²) in [6, 6.07) is 4.82. The van der Waals surface area contributed by atoms with Crippen LogP contribution in [0.2, 0.25) is 0 Å². The van der Waals surface area contributed by atoms with Gasteiger partial charge in [-0.1, -0.05) is 0 Å². The average Bonchev–Trinajstić information content (AvgIpc) is 2.66. The van der Waals surface area contributed by atoms with Gasteiger partial charge in [-0.25, -0.2) is 18.0 Å². The quantitative estimate of drug-likeness (QED) is 0.372. The summed E-state index contributed by atoms with van der Waals surface area (Å²) in [4.78, 5) is 23.5. The minimum atomic E-state index is -4.79. The molecule has 3 rings (SSSR count). The molecule has 0 bridgehead atoms. The third kappa shape index (κ3) is 4.24. The molecule has 0 aliphatic heterocycles. The Hall–Kier alpha value is -3.50. The lowest BCUT2D eigenvalue weighted by atomic mass is 10.1. The summed E-state index contributed by atoms with van der Waals surface area (Å²) in [5.41, 5.74) is -3.48. The fourth-order valence-electron chi connectivity index (χ4n) is 2.57. The van der Waals surface area contributed by atoms with Crippen LogP contribution in [0, 0.1) is 17.5 Å². The molecule has 0 unspecified atom stereocenters. The fourth-order valence-corrected chi connectivity index (χ4v) is 2.57. The van der Waals surface area contributed by atoms with Gasteiger partial charge in [0.15, 0.2) is 23.6 Å². The van der Waals surface area contributed by atoms with Gasteiger partial charge in [0.2, 0.25) is 0 Å². The van der Waals surface area contributed by atoms with Crippen molar-refractivity contribution in [3.8, 4) is 5.75 Å². The Kier molecular flexibility index (Phi) is 5.47. The van der Waals surface area contributed by atoms with Crippen molar-refractivity contribution in [3.63, 3.8) is 0 Å². The van der Waals surface area contributed by atoms with Crippen molar-refractivity contribution in [3.05, 3.63) is 69.8 Å².